The van der Waals surface area contributed by atoms with Gasteiger partial charge < -0.3 is 20.5 Å². The van der Waals surface area contributed by atoms with Crippen LogP contribution in [0.2, 0.25) is 0 Å². The zero-order valence-electron chi connectivity index (χ0n) is 17.7. The Kier molecular flexibility index (Phi) is 12.5. The molecule has 1 heterocycles. The average molecular weight is 525 g/mol. The van der Waals surface area contributed by atoms with Gasteiger partial charge in [0, 0.05) is 51.1 Å². The zero-order valence-corrected chi connectivity index (χ0v) is 20.0. The Morgan fingerprint density at radius 3 is 2.67 bits per heavy atom. The first-order chi connectivity index (χ1) is 14.1. The van der Waals surface area contributed by atoms with Crippen molar-refractivity contribution in [1.29, 1.82) is 0 Å². The summed E-state index contributed by atoms with van der Waals surface area (Å²) >= 11 is 0. The number of amides is 1. The summed E-state index contributed by atoms with van der Waals surface area (Å²) in [5, 5.41) is 9.22. The van der Waals surface area contributed by atoms with Gasteiger partial charge in [-0.25, -0.2) is 0 Å². The second kappa shape index (κ2) is 14.6. The number of nitrogens with zero attached hydrogens (tertiary/aromatic N) is 2. The fourth-order valence-electron chi connectivity index (χ4n) is 2.91. The summed E-state index contributed by atoms with van der Waals surface area (Å²) in [6, 6.07) is 12.8. The van der Waals surface area contributed by atoms with Crippen LogP contribution in [0.15, 0.2) is 58.4 Å². The number of nitrogens with one attached hydrogen (secondary N) is 3. The minimum atomic E-state index is -0.0764. The number of hydrogen-bond acceptors (Lipinski definition) is 3. The van der Waals surface area contributed by atoms with Crippen molar-refractivity contribution < 1.29 is 4.79 Å². The molecule has 0 aliphatic heterocycles. The highest BCUT2D eigenvalue weighted by atomic mass is 127. The van der Waals surface area contributed by atoms with Gasteiger partial charge in [-0.15, -0.1) is 24.0 Å². The molecule has 30 heavy (non-hydrogen) atoms. The quantitative estimate of drug-likeness (QED) is 0.193. The highest BCUT2D eigenvalue weighted by Crippen LogP contribution is 2.05. The first-order valence-electron chi connectivity index (χ1n) is 10.1. The van der Waals surface area contributed by atoms with E-state index >= 15 is 0 Å². The highest BCUT2D eigenvalue weighted by Gasteiger charge is 2.04. The van der Waals surface area contributed by atoms with Crippen LogP contribution in [-0.4, -0.2) is 43.1 Å². The number of guanidine groups is 1. The molecular weight excluding hydrogens is 493 g/mol. The van der Waals surface area contributed by atoms with E-state index in [1.807, 2.05) is 43.5 Å². The van der Waals surface area contributed by atoms with Crippen LogP contribution in [0, 0.1) is 0 Å². The van der Waals surface area contributed by atoms with Gasteiger partial charge in [0.15, 0.2) is 5.96 Å². The van der Waals surface area contributed by atoms with Crippen molar-refractivity contribution in [3.05, 3.63) is 70.1 Å². The predicted molar refractivity (Wildman–Crippen MR) is 133 cm³/mol. The molecule has 8 heteroatoms. The van der Waals surface area contributed by atoms with Crippen LogP contribution in [-0.2, 0) is 13.0 Å². The van der Waals surface area contributed by atoms with Gasteiger partial charge in [-0.3, -0.25) is 14.6 Å². The number of carbonyl (C=O) groups is 1. The average Bonchev–Trinajstić information content (AvgIpc) is 2.74. The molecule has 1 aromatic heterocycles. The Morgan fingerprint density at radius 1 is 1.10 bits per heavy atom. The Labute approximate surface area is 195 Å². The predicted octanol–water partition coefficient (Wildman–Crippen LogP) is 2.40. The van der Waals surface area contributed by atoms with E-state index in [0.29, 0.717) is 18.7 Å². The van der Waals surface area contributed by atoms with Crippen LogP contribution in [0.4, 0.5) is 0 Å². The fourth-order valence-corrected chi connectivity index (χ4v) is 2.91. The molecule has 0 unspecified atom stereocenters. The fraction of sp³-hybridized carbons (Fsp3) is 0.409. The summed E-state index contributed by atoms with van der Waals surface area (Å²) in [4.78, 5) is 28.0. The van der Waals surface area contributed by atoms with E-state index in [9.17, 15) is 9.59 Å². The molecule has 0 atom stereocenters. The van der Waals surface area contributed by atoms with E-state index in [1.165, 1.54) is 0 Å². The Hall–Kier alpha value is -2.36. The van der Waals surface area contributed by atoms with Crippen LogP contribution >= 0.6 is 24.0 Å². The lowest BCUT2D eigenvalue weighted by atomic mass is 10.1. The maximum Gasteiger partial charge on any atom is 0.251 e. The number of pyridine rings is 1. The van der Waals surface area contributed by atoms with Crippen molar-refractivity contribution in [2.45, 2.75) is 32.7 Å². The molecule has 2 aromatic rings. The molecule has 3 N–H and O–H groups in total. The summed E-state index contributed by atoms with van der Waals surface area (Å²) in [5.74, 6) is 0.708. The lowest BCUT2D eigenvalue weighted by Crippen LogP contribution is -2.38. The summed E-state index contributed by atoms with van der Waals surface area (Å²) in [5.41, 5.74) is 1.80. The van der Waals surface area contributed by atoms with Gasteiger partial charge in [0.25, 0.3) is 5.91 Å². The van der Waals surface area contributed by atoms with Gasteiger partial charge in [-0.1, -0.05) is 18.2 Å². The molecule has 1 amide bonds. The molecule has 0 spiro atoms. The van der Waals surface area contributed by atoms with E-state index in [2.05, 4.69) is 20.9 Å². The Balaban J connectivity index is 0.00000450. The van der Waals surface area contributed by atoms with E-state index in [-0.39, 0.29) is 35.4 Å². The smallest absolute Gasteiger partial charge is 0.251 e. The monoisotopic (exact) mass is 525 g/mol. The molecule has 1 aromatic carbocycles. The van der Waals surface area contributed by atoms with E-state index < -0.39 is 0 Å². The summed E-state index contributed by atoms with van der Waals surface area (Å²) in [6.45, 7) is 4.95. The van der Waals surface area contributed by atoms with Crippen LogP contribution in [0.1, 0.15) is 35.7 Å². The number of aliphatic imine (C=N–C) groups is 1. The first-order valence-corrected chi connectivity index (χ1v) is 10.1. The number of carbonyl (C=O) groups excluding carboxylic acids is 1. The molecule has 164 valence electrons. The topological polar surface area (TPSA) is 87.5 Å². The van der Waals surface area contributed by atoms with Crippen LogP contribution in [0.5, 0.6) is 0 Å². The second-order valence-electron chi connectivity index (χ2n) is 6.66. The number of aryl methyl sites for hydroxylation is 1. The van der Waals surface area contributed by atoms with Crippen LogP contribution < -0.4 is 21.5 Å². The number of unbranched alkanes of at least 4 members (excludes halogenated alkanes) is 1. The molecule has 0 aliphatic rings. The summed E-state index contributed by atoms with van der Waals surface area (Å²) < 4.78 is 1.72. The Morgan fingerprint density at radius 2 is 1.93 bits per heavy atom. The van der Waals surface area contributed by atoms with Crippen molar-refractivity contribution in [1.82, 2.24) is 20.5 Å². The molecule has 2 rings (SSSR count). The van der Waals surface area contributed by atoms with Crippen molar-refractivity contribution >= 4 is 35.8 Å². The SMILES string of the molecule is CCNC(=NCCCCn1ccccc1=O)NCCc1cccc(C(=O)NC)c1.I. The highest BCUT2D eigenvalue weighted by molar-refractivity contribution is 14.0. The molecule has 0 saturated heterocycles. The molecule has 0 aliphatic carbocycles. The van der Waals surface area contributed by atoms with Gasteiger partial charge in [0.05, 0.1) is 0 Å². The number of halogens is 1. The number of aromatic nitrogens is 1. The zero-order chi connectivity index (χ0) is 20.9. The van der Waals surface area contributed by atoms with Gasteiger partial charge in [0.2, 0.25) is 5.56 Å². The summed E-state index contributed by atoms with van der Waals surface area (Å²) in [7, 11) is 1.63. The van der Waals surface area contributed by atoms with Gasteiger partial charge >= 0.3 is 0 Å². The standard InChI is InChI=1S/C22H31N5O2.HI/c1-3-24-22(25-13-5-7-16-27-15-6-4-11-20(27)28)26-14-12-18-9-8-10-19(17-18)21(29)23-2;/h4,6,8-11,15,17H,3,5,7,12-14,16H2,1-2H3,(H,23,29)(H2,24,25,26);1H. The normalized spacial score (nSPS) is 10.8. The van der Waals surface area contributed by atoms with E-state index in [1.54, 1.807) is 23.7 Å². The first kappa shape index (κ1) is 25.7. The summed E-state index contributed by atoms with van der Waals surface area (Å²) in [6.07, 6.45) is 4.42. The van der Waals surface area contributed by atoms with Gasteiger partial charge in [-0.2, -0.15) is 0 Å². The maximum absolute atomic E-state index is 11.7. The van der Waals surface area contributed by atoms with Crippen LogP contribution in [0.3, 0.4) is 0 Å². The molecule has 0 radical (unpaired) electrons. The third-order valence-corrected chi connectivity index (χ3v) is 4.44. The van der Waals surface area contributed by atoms with Gasteiger partial charge in [0.1, 0.15) is 0 Å². The minimum absolute atomic E-state index is 0. The van der Waals surface area contributed by atoms with E-state index in [4.69, 9.17) is 0 Å². The molecule has 0 bridgehead atoms. The van der Waals surface area contributed by atoms with Crippen molar-refractivity contribution in [3.8, 4) is 0 Å². The van der Waals surface area contributed by atoms with Crippen molar-refractivity contribution in [2.24, 2.45) is 4.99 Å². The molecular formula is C22H32IN5O2. The van der Waals surface area contributed by atoms with E-state index in [0.717, 1.165) is 43.9 Å². The number of benzene rings is 1. The van der Waals surface area contributed by atoms with Gasteiger partial charge in [-0.05, 0) is 49.9 Å². The third-order valence-electron chi connectivity index (χ3n) is 4.44. The molecule has 0 saturated carbocycles. The second-order valence-corrected chi connectivity index (χ2v) is 6.66. The number of hydrogen-bond donors (Lipinski definition) is 3. The largest absolute Gasteiger partial charge is 0.357 e. The van der Waals surface area contributed by atoms with Crippen LogP contribution in [0.25, 0.3) is 0 Å². The number of rotatable bonds is 10. The minimum Gasteiger partial charge on any atom is -0.357 e. The molecule has 0 fully saturated rings. The third kappa shape index (κ3) is 8.98. The lowest BCUT2D eigenvalue weighted by molar-refractivity contribution is 0.0963. The van der Waals surface area contributed by atoms with Crippen molar-refractivity contribution in [2.75, 3.05) is 26.7 Å². The Bertz CT molecular complexity index is 866. The van der Waals surface area contributed by atoms with Crippen molar-refractivity contribution in [3.63, 3.8) is 0 Å². The lowest BCUT2D eigenvalue weighted by Gasteiger charge is -2.12. The maximum atomic E-state index is 11.7. The molecule has 7 nitrogen and oxygen atoms in total.